The van der Waals surface area contributed by atoms with Crippen LogP contribution in [-0.4, -0.2) is 30.8 Å². The van der Waals surface area contributed by atoms with Gasteiger partial charge in [-0.2, -0.15) is 20.1 Å². The van der Waals surface area contributed by atoms with Gasteiger partial charge in [0, 0.05) is 18.4 Å². The smallest absolute Gasteiger partial charge is 0.256 e. The van der Waals surface area contributed by atoms with Crippen molar-refractivity contribution in [3.05, 3.63) is 23.7 Å². The second-order valence-corrected chi connectivity index (χ2v) is 3.82. The molecule has 0 aliphatic rings. The quantitative estimate of drug-likeness (QED) is 0.878. The van der Waals surface area contributed by atoms with Gasteiger partial charge in [-0.3, -0.25) is 0 Å². The fraction of sp³-hybridized carbons (Fsp3) is 0.333. The van der Waals surface area contributed by atoms with Crippen molar-refractivity contribution in [2.45, 2.75) is 19.9 Å². The molecule has 2 heterocycles. The van der Waals surface area contributed by atoms with E-state index in [1.54, 1.807) is 18.5 Å². The van der Waals surface area contributed by atoms with Crippen LogP contribution in [0.3, 0.4) is 0 Å². The highest BCUT2D eigenvalue weighted by atomic mass is 35.5. The highest BCUT2D eigenvalue weighted by Crippen LogP contribution is 2.09. The van der Waals surface area contributed by atoms with Crippen LogP contribution >= 0.6 is 11.6 Å². The van der Waals surface area contributed by atoms with Gasteiger partial charge in [-0.1, -0.05) is 0 Å². The van der Waals surface area contributed by atoms with Crippen LogP contribution in [0.5, 0.6) is 0 Å². The van der Waals surface area contributed by atoms with E-state index in [-0.39, 0.29) is 11.3 Å². The van der Waals surface area contributed by atoms with Gasteiger partial charge in [0.2, 0.25) is 11.2 Å². The van der Waals surface area contributed by atoms with Crippen molar-refractivity contribution >= 4 is 17.5 Å². The molecule has 0 radical (unpaired) electrons. The lowest BCUT2D eigenvalue weighted by molar-refractivity contribution is 0.785. The minimum Gasteiger partial charge on any atom is -0.352 e. The zero-order valence-electron chi connectivity index (χ0n) is 8.92. The maximum atomic E-state index is 5.81. The van der Waals surface area contributed by atoms with Gasteiger partial charge in [0.25, 0.3) is 5.95 Å². The number of halogens is 1. The summed E-state index contributed by atoms with van der Waals surface area (Å²) in [5.74, 6) is 0.841. The molecule has 7 heteroatoms. The molecule has 0 aromatic carbocycles. The molecule has 0 aliphatic carbocycles. The Hall–Kier alpha value is -1.69. The minimum atomic E-state index is 0.142. The van der Waals surface area contributed by atoms with E-state index in [0.717, 1.165) is 0 Å². The molecule has 0 amide bonds. The Morgan fingerprint density at radius 1 is 1.31 bits per heavy atom. The summed E-state index contributed by atoms with van der Waals surface area (Å²) in [4.78, 5) is 12.2. The molecule has 6 nitrogen and oxygen atoms in total. The first-order chi connectivity index (χ1) is 7.65. The Kier molecular flexibility index (Phi) is 3.00. The van der Waals surface area contributed by atoms with E-state index in [0.29, 0.717) is 11.9 Å². The lowest BCUT2D eigenvalue weighted by Gasteiger charge is -2.08. The largest absolute Gasteiger partial charge is 0.352 e. The van der Waals surface area contributed by atoms with Gasteiger partial charge < -0.3 is 5.32 Å². The Morgan fingerprint density at radius 3 is 2.75 bits per heavy atom. The molecule has 16 heavy (non-hydrogen) atoms. The second-order valence-electron chi connectivity index (χ2n) is 3.48. The molecular formula is C9H11ClN6. The first-order valence-electron chi connectivity index (χ1n) is 4.83. The van der Waals surface area contributed by atoms with Crippen molar-refractivity contribution in [3.8, 4) is 5.95 Å². The third-order valence-electron chi connectivity index (χ3n) is 1.72. The van der Waals surface area contributed by atoms with E-state index in [1.807, 2.05) is 13.8 Å². The third kappa shape index (κ3) is 2.46. The Bertz CT molecular complexity index is 467. The number of rotatable bonds is 3. The molecule has 0 spiro atoms. The second kappa shape index (κ2) is 4.44. The van der Waals surface area contributed by atoms with Crippen molar-refractivity contribution in [2.75, 3.05) is 5.32 Å². The number of nitrogens with one attached hydrogen (secondary N) is 1. The summed E-state index contributed by atoms with van der Waals surface area (Å²) < 4.78 is 1.53. The highest BCUT2D eigenvalue weighted by Gasteiger charge is 2.07. The van der Waals surface area contributed by atoms with Crippen molar-refractivity contribution in [3.63, 3.8) is 0 Å². The molecule has 0 unspecified atom stereocenters. The Labute approximate surface area is 97.7 Å². The summed E-state index contributed by atoms with van der Waals surface area (Å²) in [5.41, 5.74) is 0. The number of anilines is 1. The molecule has 0 atom stereocenters. The summed E-state index contributed by atoms with van der Waals surface area (Å²) in [6, 6.07) is 2.01. The average Bonchev–Trinajstić information content (AvgIpc) is 2.67. The lowest BCUT2D eigenvalue weighted by Crippen LogP contribution is -2.15. The summed E-state index contributed by atoms with van der Waals surface area (Å²) in [6.45, 7) is 3.98. The fourth-order valence-electron chi connectivity index (χ4n) is 1.15. The number of hydrogen-bond donors (Lipinski definition) is 1. The third-order valence-corrected chi connectivity index (χ3v) is 1.89. The van der Waals surface area contributed by atoms with E-state index < -0.39 is 0 Å². The minimum absolute atomic E-state index is 0.142. The zero-order chi connectivity index (χ0) is 11.5. The number of aromatic nitrogens is 5. The van der Waals surface area contributed by atoms with Crippen LogP contribution in [0.4, 0.5) is 5.95 Å². The summed E-state index contributed by atoms with van der Waals surface area (Å²) in [7, 11) is 0. The van der Waals surface area contributed by atoms with Gasteiger partial charge in [0.05, 0.1) is 0 Å². The van der Waals surface area contributed by atoms with Crippen LogP contribution in [0, 0.1) is 0 Å². The van der Waals surface area contributed by atoms with E-state index in [2.05, 4.69) is 25.4 Å². The van der Waals surface area contributed by atoms with Crippen molar-refractivity contribution in [1.29, 1.82) is 0 Å². The summed E-state index contributed by atoms with van der Waals surface area (Å²) in [5, 5.41) is 7.23. The standard InChI is InChI=1S/C9H11ClN6/c1-6(2)12-8-13-7(10)14-9(15-8)16-5-3-4-11-16/h3-6H,1-2H3,(H,12,13,14,15). The molecular weight excluding hydrogens is 228 g/mol. The number of hydrogen-bond acceptors (Lipinski definition) is 5. The van der Waals surface area contributed by atoms with Crippen LogP contribution in [0.25, 0.3) is 5.95 Å². The molecule has 0 fully saturated rings. The van der Waals surface area contributed by atoms with Crippen LogP contribution in [0.2, 0.25) is 5.28 Å². The van der Waals surface area contributed by atoms with Gasteiger partial charge in [-0.05, 0) is 31.5 Å². The predicted octanol–water partition coefficient (Wildman–Crippen LogP) is 1.53. The molecule has 0 saturated carbocycles. The maximum Gasteiger partial charge on any atom is 0.256 e. The SMILES string of the molecule is CC(C)Nc1nc(Cl)nc(-n2cccn2)n1. The zero-order valence-corrected chi connectivity index (χ0v) is 9.68. The number of nitrogens with zero attached hydrogens (tertiary/aromatic N) is 5. The van der Waals surface area contributed by atoms with E-state index in [1.165, 1.54) is 4.68 Å². The Balaban J connectivity index is 2.36. The molecule has 2 aromatic heterocycles. The van der Waals surface area contributed by atoms with Crippen molar-refractivity contribution in [2.24, 2.45) is 0 Å². The normalized spacial score (nSPS) is 10.8. The first-order valence-corrected chi connectivity index (χ1v) is 5.21. The maximum absolute atomic E-state index is 5.81. The molecule has 1 N–H and O–H groups in total. The Morgan fingerprint density at radius 2 is 2.12 bits per heavy atom. The van der Waals surface area contributed by atoms with Gasteiger partial charge in [0.15, 0.2) is 0 Å². The molecule has 0 saturated heterocycles. The summed E-state index contributed by atoms with van der Waals surface area (Å²) >= 11 is 5.81. The first kappa shape index (κ1) is 10.8. The van der Waals surface area contributed by atoms with Gasteiger partial charge in [-0.15, -0.1) is 0 Å². The average molecular weight is 239 g/mol. The molecule has 84 valence electrons. The van der Waals surface area contributed by atoms with Crippen LogP contribution in [0.1, 0.15) is 13.8 Å². The topological polar surface area (TPSA) is 68.5 Å². The molecule has 2 aromatic rings. The monoisotopic (exact) mass is 238 g/mol. The highest BCUT2D eigenvalue weighted by molar-refractivity contribution is 6.28. The van der Waals surface area contributed by atoms with Gasteiger partial charge in [0.1, 0.15) is 0 Å². The van der Waals surface area contributed by atoms with Crippen molar-refractivity contribution < 1.29 is 0 Å². The molecule has 2 rings (SSSR count). The van der Waals surface area contributed by atoms with E-state index >= 15 is 0 Å². The van der Waals surface area contributed by atoms with Gasteiger partial charge >= 0.3 is 0 Å². The predicted molar refractivity (Wildman–Crippen MR) is 60.7 cm³/mol. The van der Waals surface area contributed by atoms with Crippen LogP contribution in [0.15, 0.2) is 18.5 Å². The molecule has 0 aliphatic heterocycles. The summed E-state index contributed by atoms with van der Waals surface area (Å²) in [6.07, 6.45) is 3.39. The van der Waals surface area contributed by atoms with Crippen molar-refractivity contribution in [1.82, 2.24) is 24.7 Å². The lowest BCUT2D eigenvalue weighted by atomic mass is 10.4. The van der Waals surface area contributed by atoms with E-state index in [9.17, 15) is 0 Å². The van der Waals surface area contributed by atoms with Gasteiger partial charge in [-0.25, -0.2) is 4.68 Å². The van der Waals surface area contributed by atoms with Crippen LogP contribution < -0.4 is 5.32 Å². The molecule has 0 bridgehead atoms. The van der Waals surface area contributed by atoms with Crippen LogP contribution in [-0.2, 0) is 0 Å². The fourth-order valence-corrected chi connectivity index (χ4v) is 1.31. The van der Waals surface area contributed by atoms with E-state index in [4.69, 9.17) is 11.6 Å².